The van der Waals surface area contributed by atoms with Gasteiger partial charge in [-0.2, -0.15) is 12.6 Å². The van der Waals surface area contributed by atoms with Gasteiger partial charge in [-0.15, -0.1) is 0 Å². The highest BCUT2D eigenvalue weighted by atomic mass is 32.1. The number of carboxylic acid groups (broad SMARTS) is 1. The van der Waals surface area contributed by atoms with Crippen LogP contribution < -0.4 is 27.0 Å². The molecule has 1 heterocycles. The normalized spacial score (nSPS) is 19.8. The van der Waals surface area contributed by atoms with Crippen LogP contribution >= 0.6 is 12.6 Å². The first-order valence-corrected chi connectivity index (χ1v) is 10.5. The Balaban J connectivity index is 2.92. The van der Waals surface area contributed by atoms with Crippen molar-refractivity contribution in [2.24, 2.45) is 11.7 Å². The second kappa shape index (κ2) is 12.4. The van der Waals surface area contributed by atoms with E-state index in [1.165, 1.54) is 0 Å². The molecule has 5 unspecified atom stereocenters. The Morgan fingerprint density at radius 1 is 1.13 bits per heavy atom. The molecule has 1 saturated heterocycles. The van der Waals surface area contributed by atoms with Crippen molar-refractivity contribution in [2.45, 2.75) is 63.7 Å². The molecule has 0 bridgehead atoms. The third-order valence-electron chi connectivity index (χ3n) is 5.01. The quantitative estimate of drug-likeness (QED) is 0.172. The number of nitrogens with two attached hydrogens (primary N) is 1. The van der Waals surface area contributed by atoms with Gasteiger partial charge in [0.05, 0.1) is 12.5 Å². The van der Waals surface area contributed by atoms with E-state index < -0.39 is 48.2 Å². The highest BCUT2D eigenvalue weighted by Gasteiger charge is 2.33. The van der Waals surface area contributed by atoms with E-state index in [-0.39, 0.29) is 23.6 Å². The molecule has 1 aliphatic rings. The minimum Gasteiger partial charge on any atom is -0.480 e. The van der Waals surface area contributed by atoms with Crippen molar-refractivity contribution >= 4 is 42.2 Å². The number of hydrogen-bond acceptors (Lipinski definition) is 7. The lowest BCUT2D eigenvalue weighted by Gasteiger charge is -2.27. The number of carboxylic acids is 1. The molecule has 12 heteroatoms. The summed E-state index contributed by atoms with van der Waals surface area (Å²) >= 11 is 3.86. The molecule has 7 N–H and O–H groups in total. The molecule has 0 aromatic heterocycles. The summed E-state index contributed by atoms with van der Waals surface area (Å²) in [5.41, 5.74) is 5.18. The molecule has 5 atom stereocenters. The van der Waals surface area contributed by atoms with Gasteiger partial charge in [-0.05, 0) is 25.3 Å². The minimum absolute atomic E-state index is 0.182. The van der Waals surface area contributed by atoms with Gasteiger partial charge < -0.3 is 32.1 Å². The average molecular weight is 446 g/mol. The summed E-state index contributed by atoms with van der Waals surface area (Å²) in [4.78, 5) is 60.3. The summed E-state index contributed by atoms with van der Waals surface area (Å²) in [7, 11) is 0. The monoisotopic (exact) mass is 445 g/mol. The zero-order chi connectivity index (χ0) is 22.8. The Hall–Kier alpha value is -2.34. The fourth-order valence-electron chi connectivity index (χ4n) is 2.99. The summed E-state index contributed by atoms with van der Waals surface area (Å²) < 4.78 is 0. The standard InChI is InChI=1S/C18H31N5O6S/c1-3-9(2)14(23-15(25)10-5-4-6-20-10)17(27)21-11(7-13(19)24)16(26)22-12(8-30)18(28)29/h9-12,14,20,30H,3-8H2,1-2H3,(H2,19,24)(H,21,27)(H,22,26)(H,23,25)(H,28,29). The molecule has 1 rings (SSSR count). The SMILES string of the molecule is CCC(C)C(NC(=O)C1CCCN1)C(=O)NC(CC(N)=O)C(=O)NC(CS)C(=O)O. The van der Waals surface area contributed by atoms with Crippen molar-refractivity contribution in [2.75, 3.05) is 12.3 Å². The molecule has 0 aromatic rings. The summed E-state index contributed by atoms with van der Waals surface area (Å²) in [5.74, 6) is -4.45. The lowest BCUT2D eigenvalue weighted by atomic mass is 9.97. The number of amides is 4. The maximum Gasteiger partial charge on any atom is 0.327 e. The van der Waals surface area contributed by atoms with Gasteiger partial charge in [-0.1, -0.05) is 20.3 Å². The first kappa shape index (κ1) is 25.7. The van der Waals surface area contributed by atoms with Gasteiger partial charge in [-0.25, -0.2) is 4.79 Å². The van der Waals surface area contributed by atoms with Gasteiger partial charge in [0.25, 0.3) is 0 Å². The Kier molecular flexibility index (Phi) is 10.6. The van der Waals surface area contributed by atoms with E-state index in [4.69, 9.17) is 10.8 Å². The minimum atomic E-state index is -1.38. The average Bonchev–Trinajstić information content (AvgIpc) is 3.22. The zero-order valence-corrected chi connectivity index (χ0v) is 18.0. The van der Waals surface area contributed by atoms with Crippen LogP contribution in [0.15, 0.2) is 0 Å². The summed E-state index contributed by atoms with van der Waals surface area (Å²) in [6.07, 6.45) is 1.56. The molecule has 0 saturated carbocycles. The van der Waals surface area contributed by atoms with Crippen LogP contribution in [0.4, 0.5) is 0 Å². The fraction of sp³-hybridized carbons (Fsp3) is 0.722. The van der Waals surface area contributed by atoms with Crippen LogP contribution in [-0.4, -0.2) is 71.2 Å². The lowest BCUT2D eigenvalue weighted by Crippen LogP contribution is -2.59. The van der Waals surface area contributed by atoms with Crippen molar-refractivity contribution in [1.82, 2.24) is 21.3 Å². The molecule has 4 amide bonds. The predicted molar refractivity (Wildman–Crippen MR) is 112 cm³/mol. The summed E-state index contributed by atoms with van der Waals surface area (Å²) in [6, 6.07) is -4.01. The first-order valence-electron chi connectivity index (χ1n) is 9.87. The van der Waals surface area contributed by atoms with E-state index in [9.17, 15) is 24.0 Å². The largest absolute Gasteiger partial charge is 0.480 e. The second-order valence-electron chi connectivity index (χ2n) is 7.33. The van der Waals surface area contributed by atoms with Crippen molar-refractivity contribution < 1.29 is 29.1 Å². The molecule has 0 radical (unpaired) electrons. The maximum atomic E-state index is 12.9. The van der Waals surface area contributed by atoms with Gasteiger partial charge in [0.15, 0.2) is 0 Å². The number of carbonyl (C=O) groups is 5. The number of hydrogen-bond donors (Lipinski definition) is 7. The smallest absolute Gasteiger partial charge is 0.327 e. The molecule has 30 heavy (non-hydrogen) atoms. The maximum absolute atomic E-state index is 12.9. The van der Waals surface area contributed by atoms with E-state index in [0.29, 0.717) is 12.8 Å². The number of rotatable bonds is 12. The summed E-state index contributed by atoms with van der Waals surface area (Å²) in [6.45, 7) is 4.34. The molecular formula is C18H31N5O6S. The van der Waals surface area contributed by atoms with Crippen molar-refractivity contribution in [3.8, 4) is 0 Å². The van der Waals surface area contributed by atoms with E-state index in [1.54, 1.807) is 6.92 Å². The van der Waals surface area contributed by atoms with Crippen LogP contribution in [0.2, 0.25) is 0 Å². The molecule has 1 aliphatic heterocycles. The van der Waals surface area contributed by atoms with E-state index >= 15 is 0 Å². The molecule has 0 aromatic carbocycles. The molecular weight excluding hydrogens is 414 g/mol. The van der Waals surface area contributed by atoms with Gasteiger partial charge in [0.2, 0.25) is 23.6 Å². The molecule has 11 nitrogen and oxygen atoms in total. The van der Waals surface area contributed by atoms with Crippen molar-refractivity contribution in [3.05, 3.63) is 0 Å². The molecule has 170 valence electrons. The van der Waals surface area contributed by atoms with Gasteiger partial charge in [-0.3, -0.25) is 19.2 Å². The van der Waals surface area contributed by atoms with E-state index in [1.807, 2.05) is 6.92 Å². The Bertz CT molecular complexity index is 655. The fourth-order valence-corrected chi connectivity index (χ4v) is 3.24. The molecule has 1 fully saturated rings. The van der Waals surface area contributed by atoms with Crippen LogP contribution in [0.5, 0.6) is 0 Å². The van der Waals surface area contributed by atoms with Gasteiger partial charge >= 0.3 is 5.97 Å². The number of aliphatic carboxylic acids is 1. The lowest BCUT2D eigenvalue weighted by molar-refractivity contribution is -0.141. The first-order chi connectivity index (χ1) is 14.1. The topological polar surface area (TPSA) is 180 Å². The number of primary amides is 1. The zero-order valence-electron chi connectivity index (χ0n) is 17.1. The van der Waals surface area contributed by atoms with Crippen molar-refractivity contribution in [3.63, 3.8) is 0 Å². The van der Waals surface area contributed by atoms with Crippen LogP contribution in [0.1, 0.15) is 39.5 Å². The van der Waals surface area contributed by atoms with Gasteiger partial charge in [0.1, 0.15) is 18.1 Å². The Labute approximate surface area is 180 Å². The molecule has 0 spiro atoms. The van der Waals surface area contributed by atoms with E-state index in [0.717, 1.165) is 13.0 Å². The van der Waals surface area contributed by atoms with Crippen LogP contribution in [0.3, 0.4) is 0 Å². The van der Waals surface area contributed by atoms with Crippen molar-refractivity contribution in [1.29, 1.82) is 0 Å². The van der Waals surface area contributed by atoms with Crippen LogP contribution in [0, 0.1) is 5.92 Å². The van der Waals surface area contributed by atoms with E-state index in [2.05, 4.69) is 33.9 Å². The highest BCUT2D eigenvalue weighted by Crippen LogP contribution is 2.11. The molecule has 0 aliphatic carbocycles. The predicted octanol–water partition coefficient (Wildman–Crippen LogP) is -1.87. The summed E-state index contributed by atoms with van der Waals surface area (Å²) in [5, 5.41) is 19.5. The Morgan fingerprint density at radius 3 is 2.23 bits per heavy atom. The highest BCUT2D eigenvalue weighted by molar-refractivity contribution is 7.80. The third kappa shape index (κ3) is 7.82. The number of thiol groups is 1. The number of nitrogens with one attached hydrogen (secondary N) is 4. The van der Waals surface area contributed by atoms with Crippen LogP contribution in [-0.2, 0) is 24.0 Å². The Morgan fingerprint density at radius 2 is 1.77 bits per heavy atom. The van der Waals surface area contributed by atoms with Crippen LogP contribution in [0.25, 0.3) is 0 Å². The number of carbonyl (C=O) groups excluding carboxylic acids is 4. The second-order valence-corrected chi connectivity index (χ2v) is 7.70. The van der Waals surface area contributed by atoms with Gasteiger partial charge in [0, 0.05) is 5.75 Å². The third-order valence-corrected chi connectivity index (χ3v) is 5.37.